The van der Waals surface area contributed by atoms with Gasteiger partial charge in [0, 0.05) is 12.6 Å². The molecule has 0 saturated heterocycles. The van der Waals surface area contributed by atoms with Crippen molar-refractivity contribution in [1.29, 1.82) is 0 Å². The molecule has 6 nitrogen and oxygen atoms in total. The van der Waals surface area contributed by atoms with Gasteiger partial charge in [-0.3, -0.25) is 4.79 Å². The summed E-state index contributed by atoms with van der Waals surface area (Å²) in [5, 5.41) is 11.7. The summed E-state index contributed by atoms with van der Waals surface area (Å²) in [6, 6.07) is 5.39. The molecule has 0 aliphatic carbocycles. The number of carbonyl (C=O) groups excluding carboxylic acids is 1. The molecule has 0 aliphatic heterocycles. The molecule has 0 fully saturated rings. The Morgan fingerprint density at radius 1 is 1.33 bits per heavy atom. The van der Waals surface area contributed by atoms with E-state index in [1.54, 1.807) is 17.0 Å². The SMILES string of the molecule is CC(C)N(Cc1ccc(Cl)c(Cl)c1)C(=O)Cn1cnnn1. The molecule has 1 heterocycles. The van der Waals surface area contributed by atoms with E-state index in [0.29, 0.717) is 16.6 Å². The molecule has 0 saturated carbocycles. The van der Waals surface area contributed by atoms with Gasteiger partial charge in [-0.2, -0.15) is 0 Å². The van der Waals surface area contributed by atoms with Crippen molar-refractivity contribution in [3.05, 3.63) is 40.1 Å². The minimum atomic E-state index is -0.0663. The lowest BCUT2D eigenvalue weighted by atomic mass is 10.2. The van der Waals surface area contributed by atoms with Crippen molar-refractivity contribution < 1.29 is 4.79 Å². The van der Waals surface area contributed by atoms with Gasteiger partial charge in [0.2, 0.25) is 5.91 Å². The number of hydrogen-bond donors (Lipinski definition) is 0. The van der Waals surface area contributed by atoms with Gasteiger partial charge < -0.3 is 4.90 Å². The highest BCUT2D eigenvalue weighted by Gasteiger charge is 2.18. The number of halogens is 2. The fourth-order valence-electron chi connectivity index (χ4n) is 1.88. The van der Waals surface area contributed by atoms with Crippen LogP contribution in [0, 0.1) is 0 Å². The zero-order valence-corrected chi connectivity index (χ0v) is 13.2. The summed E-state index contributed by atoms with van der Waals surface area (Å²) < 4.78 is 1.40. The molecule has 21 heavy (non-hydrogen) atoms. The first kappa shape index (κ1) is 15.7. The van der Waals surface area contributed by atoms with Crippen LogP contribution in [0.15, 0.2) is 24.5 Å². The number of hydrogen-bond acceptors (Lipinski definition) is 4. The minimum absolute atomic E-state index is 0.0448. The molecule has 112 valence electrons. The Morgan fingerprint density at radius 3 is 2.67 bits per heavy atom. The molecule has 1 amide bonds. The molecular weight excluding hydrogens is 313 g/mol. The van der Waals surface area contributed by atoms with Crippen LogP contribution in [0.4, 0.5) is 0 Å². The maximum atomic E-state index is 12.4. The summed E-state index contributed by atoms with van der Waals surface area (Å²) in [6.07, 6.45) is 1.41. The van der Waals surface area contributed by atoms with Crippen LogP contribution in [0.1, 0.15) is 19.4 Å². The average Bonchev–Trinajstić information content (AvgIpc) is 2.92. The molecular formula is C13H15Cl2N5O. The highest BCUT2D eigenvalue weighted by Crippen LogP contribution is 2.23. The molecule has 0 aliphatic rings. The summed E-state index contributed by atoms with van der Waals surface area (Å²) in [6.45, 7) is 4.46. The van der Waals surface area contributed by atoms with E-state index >= 15 is 0 Å². The van der Waals surface area contributed by atoms with E-state index in [2.05, 4.69) is 15.5 Å². The van der Waals surface area contributed by atoms with Crippen LogP contribution in [0.25, 0.3) is 0 Å². The monoisotopic (exact) mass is 327 g/mol. The molecule has 2 aromatic rings. The Balaban J connectivity index is 2.11. The molecule has 0 unspecified atom stereocenters. The predicted octanol–water partition coefficient (Wildman–Crippen LogP) is 2.42. The normalized spacial score (nSPS) is 10.9. The van der Waals surface area contributed by atoms with E-state index < -0.39 is 0 Å². The number of nitrogens with zero attached hydrogens (tertiary/aromatic N) is 5. The number of rotatable bonds is 5. The molecule has 0 atom stereocenters. The molecule has 1 aromatic heterocycles. The molecule has 0 radical (unpaired) electrons. The number of benzene rings is 1. The van der Waals surface area contributed by atoms with Gasteiger partial charge in [0.15, 0.2) is 0 Å². The Bertz CT molecular complexity index is 615. The lowest BCUT2D eigenvalue weighted by Crippen LogP contribution is -2.38. The van der Waals surface area contributed by atoms with Crippen molar-refractivity contribution >= 4 is 29.1 Å². The van der Waals surface area contributed by atoms with E-state index in [4.69, 9.17) is 23.2 Å². The van der Waals surface area contributed by atoms with Gasteiger partial charge in [0.05, 0.1) is 10.0 Å². The number of carbonyl (C=O) groups is 1. The standard InChI is InChI=1S/C13H15Cl2N5O/c1-9(2)20(13(21)7-19-8-16-17-18-19)6-10-3-4-11(14)12(15)5-10/h3-5,8-9H,6-7H2,1-2H3. The second kappa shape index (κ2) is 6.87. The highest BCUT2D eigenvalue weighted by atomic mass is 35.5. The van der Waals surface area contributed by atoms with Gasteiger partial charge in [-0.1, -0.05) is 29.3 Å². The minimum Gasteiger partial charge on any atom is -0.334 e. The zero-order chi connectivity index (χ0) is 15.4. The van der Waals surface area contributed by atoms with Crippen molar-refractivity contribution in [2.75, 3.05) is 0 Å². The first-order valence-corrected chi connectivity index (χ1v) is 7.17. The van der Waals surface area contributed by atoms with Crippen LogP contribution in [0.5, 0.6) is 0 Å². The maximum Gasteiger partial charge on any atom is 0.244 e. The maximum absolute atomic E-state index is 12.4. The van der Waals surface area contributed by atoms with E-state index in [0.717, 1.165) is 5.56 Å². The topological polar surface area (TPSA) is 63.9 Å². The molecule has 1 aromatic carbocycles. The van der Waals surface area contributed by atoms with Crippen molar-refractivity contribution in [3.63, 3.8) is 0 Å². The lowest BCUT2D eigenvalue weighted by Gasteiger charge is -2.27. The summed E-state index contributed by atoms with van der Waals surface area (Å²) in [7, 11) is 0. The zero-order valence-electron chi connectivity index (χ0n) is 11.7. The largest absolute Gasteiger partial charge is 0.334 e. The lowest BCUT2D eigenvalue weighted by molar-refractivity contribution is -0.134. The van der Waals surface area contributed by atoms with Crippen LogP contribution in [-0.2, 0) is 17.9 Å². The van der Waals surface area contributed by atoms with Gasteiger partial charge in [0.1, 0.15) is 12.9 Å². The molecule has 8 heteroatoms. The van der Waals surface area contributed by atoms with Gasteiger partial charge in [0.25, 0.3) is 0 Å². The highest BCUT2D eigenvalue weighted by molar-refractivity contribution is 6.42. The Labute approximate surface area is 132 Å². The average molecular weight is 328 g/mol. The predicted molar refractivity (Wildman–Crippen MR) is 80.0 cm³/mol. The summed E-state index contributed by atoms with van der Waals surface area (Å²) in [5.41, 5.74) is 0.920. The summed E-state index contributed by atoms with van der Waals surface area (Å²) in [4.78, 5) is 14.1. The second-order valence-corrected chi connectivity index (χ2v) is 5.69. The van der Waals surface area contributed by atoms with Crippen LogP contribution in [0.3, 0.4) is 0 Å². The molecule has 0 N–H and O–H groups in total. The van der Waals surface area contributed by atoms with Gasteiger partial charge >= 0.3 is 0 Å². The Morgan fingerprint density at radius 2 is 2.10 bits per heavy atom. The van der Waals surface area contributed by atoms with E-state index in [1.165, 1.54) is 11.0 Å². The first-order chi connectivity index (χ1) is 9.97. The van der Waals surface area contributed by atoms with E-state index in [-0.39, 0.29) is 18.5 Å². The molecule has 0 spiro atoms. The van der Waals surface area contributed by atoms with Gasteiger partial charge in [-0.25, -0.2) is 4.68 Å². The summed E-state index contributed by atoms with van der Waals surface area (Å²) >= 11 is 11.9. The van der Waals surface area contributed by atoms with E-state index in [9.17, 15) is 4.79 Å². The number of aromatic nitrogens is 4. The second-order valence-electron chi connectivity index (χ2n) is 4.87. The van der Waals surface area contributed by atoms with Crippen LogP contribution < -0.4 is 0 Å². The molecule has 0 bridgehead atoms. The number of amides is 1. The van der Waals surface area contributed by atoms with Gasteiger partial charge in [-0.05, 0) is 42.0 Å². The first-order valence-electron chi connectivity index (χ1n) is 6.41. The van der Waals surface area contributed by atoms with Crippen molar-refractivity contribution in [2.45, 2.75) is 33.0 Å². The third-order valence-corrected chi connectivity index (χ3v) is 3.71. The van der Waals surface area contributed by atoms with Crippen molar-refractivity contribution in [2.24, 2.45) is 0 Å². The van der Waals surface area contributed by atoms with Crippen molar-refractivity contribution in [3.8, 4) is 0 Å². The third-order valence-electron chi connectivity index (χ3n) is 2.97. The Kier molecular flexibility index (Phi) is 5.14. The Hall–Kier alpha value is -1.66. The summed E-state index contributed by atoms with van der Waals surface area (Å²) in [5.74, 6) is -0.0663. The van der Waals surface area contributed by atoms with Gasteiger partial charge in [-0.15, -0.1) is 5.10 Å². The number of tetrazole rings is 1. The van der Waals surface area contributed by atoms with Crippen LogP contribution in [-0.4, -0.2) is 37.1 Å². The van der Waals surface area contributed by atoms with Crippen LogP contribution >= 0.6 is 23.2 Å². The van der Waals surface area contributed by atoms with Crippen molar-refractivity contribution in [1.82, 2.24) is 25.1 Å². The fraction of sp³-hybridized carbons (Fsp3) is 0.385. The molecule has 2 rings (SSSR count). The fourth-order valence-corrected chi connectivity index (χ4v) is 2.20. The quantitative estimate of drug-likeness (QED) is 0.845. The third kappa shape index (κ3) is 4.15. The smallest absolute Gasteiger partial charge is 0.244 e. The van der Waals surface area contributed by atoms with Crippen LogP contribution in [0.2, 0.25) is 10.0 Å². The van der Waals surface area contributed by atoms with E-state index in [1.807, 2.05) is 19.9 Å².